The van der Waals surface area contributed by atoms with Gasteiger partial charge in [0, 0.05) is 26.0 Å². The molecule has 8 heteroatoms. The molecule has 1 aliphatic rings. The molecule has 0 radical (unpaired) electrons. The van der Waals surface area contributed by atoms with Crippen LogP contribution in [-0.4, -0.2) is 53.2 Å². The first-order valence-electron chi connectivity index (χ1n) is 8.38. The van der Waals surface area contributed by atoms with Crippen molar-refractivity contribution in [1.82, 2.24) is 15.1 Å². The van der Waals surface area contributed by atoms with Crippen molar-refractivity contribution in [2.24, 2.45) is 5.92 Å². The number of nitrogens with one attached hydrogen (secondary N) is 1. The lowest BCUT2D eigenvalue weighted by atomic mass is 10.1. The van der Waals surface area contributed by atoms with Gasteiger partial charge >= 0.3 is 0 Å². The Bertz CT molecular complexity index is 577. The lowest BCUT2D eigenvalue weighted by Crippen LogP contribution is -2.38. The van der Waals surface area contributed by atoms with Crippen molar-refractivity contribution < 1.29 is 14.3 Å². The third-order valence-corrected chi connectivity index (χ3v) is 5.35. The van der Waals surface area contributed by atoms with Gasteiger partial charge in [-0.25, -0.2) is 0 Å². The average molecular weight is 354 g/mol. The molecule has 1 aromatic rings. The molecule has 2 heterocycles. The molecule has 0 aromatic carbocycles. The fourth-order valence-corrected chi connectivity index (χ4v) is 3.74. The molecule has 0 aliphatic carbocycles. The molecular formula is C16H26N4O3S. The van der Waals surface area contributed by atoms with E-state index in [1.807, 2.05) is 6.92 Å². The summed E-state index contributed by atoms with van der Waals surface area (Å²) >= 11 is 1.41. The number of carbonyl (C=O) groups excluding carboxylic acids is 2. The van der Waals surface area contributed by atoms with Crippen molar-refractivity contribution in [3.05, 3.63) is 5.01 Å². The average Bonchev–Trinajstić information content (AvgIpc) is 3.14. The number of likely N-dealkylation sites (tertiary alicyclic amines) is 1. The van der Waals surface area contributed by atoms with Crippen LogP contribution in [0.15, 0.2) is 0 Å². The minimum atomic E-state index is -0.350. The van der Waals surface area contributed by atoms with Crippen molar-refractivity contribution in [2.75, 3.05) is 25.6 Å². The smallest absolute Gasteiger partial charge is 0.231 e. The van der Waals surface area contributed by atoms with Crippen LogP contribution in [0.25, 0.3) is 0 Å². The fraction of sp³-hybridized carbons (Fsp3) is 0.750. The van der Waals surface area contributed by atoms with E-state index in [0.717, 1.165) is 17.8 Å². The molecule has 3 atom stereocenters. The van der Waals surface area contributed by atoms with E-state index in [4.69, 9.17) is 4.74 Å². The van der Waals surface area contributed by atoms with Gasteiger partial charge in [-0.15, -0.1) is 10.2 Å². The predicted octanol–water partition coefficient (Wildman–Crippen LogP) is 2.26. The number of nitrogens with zero attached hydrogens (tertiary/aromatic N) is 3. The van der Waals surface area contributed by atoms with E-state index in [1.165, 1.54) is 11.3 Å². The maximum absolute atomic E-state index is 12.4. The Labute approximate surface area is 146 Å². The second-order valence-electron chi connectivity index (χ2n) is 6.38. The van der Waals surface area contributed by atoms with E-state index in [9.17, 15) is 9.59 Å². The van der Waals surface area contributed by atoms with Crippen molar-refractivity contribution in [3.8, 4) is 0 Å². The number of amides is 2. The number of hydrogen-bond donors (Lipinski definition) is 1. The first-order valence-corrected chi connectivity index (χ1v) is 9.20. The van der Waals surface area contributed by atoms with Gasteiger partial charge in [0.1, 0.15) is 5.01 Å². The maximum atomic E-state index is 12.4. The Balaban J connectivity index is 1.92. The highest BCUT2D eigenvalue weighted by Gasteiger charge is 2.36. The molecule has 0 bridgehead atoms. The number of rotatable bonds is 8. The number of carbonyl (C=O) groups is 2. The molecule has 2 rings (SSSR count). The monoisotopic (exact) mass is 354 g/mol. The summed E-state index contributed by atoms with van der Waals surface area (Å²) in [6.07, 6.45) is 2.37. The number of hydrogen-bond acceptors (Lipinski definition) is 6. The Kier molecular flexibility index (Phi) is 6.68. The van der Waals surface area contributed by atoms with Gasteiger partial charge in [-0.1, -0.05) is 31.6 Å². The Morgan fingerprint density at radius 1 is 1.46 bits per heavy atom. The van der Waals surface area contributed by atoms with Gasteiger partial charge < -0.3 is 15.0 Å². The molecule has 2 amide bonds. The highest BCUT2D eigenvalue weighted by Crippen LogP contribution is 2.27. The highest BCUT2D eigenvalue weighted by molar-refractivity contribution is 7.15. The van der Waals surface area contributed by atoms with E-state index in [1.54, 1.807) is 12.0 Å². The van der Waals surface area contributed by atoms with Gasteiger partial charge in [0.05, 0.1) is 18.6 Å². The van der Waals surface area contributed by atoms with Gasteiger partial charge in [-0.05, 0) is 13.3 Å². The van der Waals surface area contributed by atoms with Crippen LogP contribution in [0.1, 0.15) is 51.0 Å². The zero-order chi connectivity index (χ0) is 17.7. The molecule has 0 unspecified atom stereocenters. The molecule has 24 heavy (non-hydrogen) atoms. The molecule has 1 aliphatic heterocycles. The molecule has 7 nitrogen and oxygen atoms in total. The quantitative estimate of drug-likeness (QED) is 0.774. The van der Waals surface area contributed by atoms with Crippen molar-refractivity contribution in [1.29, 1.82) is 0 Å². The van der Waals surface area contributed by atoms with Crippen LogP contribution < -0.4 is 5.32 Å². The second-order valence-corrected chi connectivity index (χ2v) is 7.39. The summed E-state index contributed by atoms with van der Waals surface area (Å²) < 4.78 is 5.09. The zero-order valence-corrected chi connectivity index (χ0v) is 15.6. The van der Waals surface area contributed by atoms with E-state index in [0.29, 0.717) is 24.2 Å². The van der Waals surface area contributed by atoms with E-state index in [2.05, 4.69) is 29.4 Å². The third-order valence-electron chi connectivity index (χ3n) is 4.28. The molecule has 0 spiro atoms. The van der Waals surface area contributed by atoms with Crippen LogP contribution in [0.5, 0.6) is 0 Å². The van der Waals surface area contributed by atoms with E-state index in [-0.39, 0.29) is 30.2 Å². The van der Waals surface area contributed by atoms with Crippen LogP contribution >= 0.6 is 11.3 Å². The molecular weight excluding hydrogens is 328 g/mol. The van der Waals surface area contributed by atoms with Crippen molar-refractivity contribution in [2.45, 2.75) is 52.0 Å². The third kappa shape index (κ3) is 4.51. The maximum Gasteiger partial charge on any atom is 0.231 e. The summed E-state index contributed by atoms with van der Waals surface area (Å²) in [7, 11) is 1.60. The summed E-state index contributed by atoms with van der Waals surface area (Å²) in [5.41, 5.74) is 0. The Morgan fingerprint density at radius 3 is 2.88 bits per heavy atom. The lowest BCUT2D eigenvalue weighted by molar-refractivity contribution is -0.130. The fourth-order valence-electron chi connectivity index (χ4n) is 2.91. The predicted molar refractivity (Wildman–Crippen MR) is 93.0 cm³/mol. The normalized spacial score (nSPS) is 20.2. The van der Waals surface area contributed by atoms with Crippen LogP contribution in [0.3, 0.4) is 0 Å². The number of ether oxygens (including phenoxy) is 1. The summed E-state index contributed by atoms with van der Waals surface area (Å²) in [4.78, 5) is 26.2. The van der Waals surface area contributed by atoms with Crippen molar-refractivity contribution in [3.63, 3.8) is 0 Å². The first-order chi connectivity index (χ1) is 11.5. The number of methoxy groups -OCH3 is 1. The van der Waals surface area contributed by atoms with E-state index < -0.39 is 0 Å². The van der Waals surface area contributed by atoms with Crippen LogP contribution in [0.2, 0.25) is 0 Å². The largest absolute Gasteiger partial charge is 0.383 e. The summed E-state index contributed by atoms with van der Waals surface area (Å²) in [6.45, 7) is 7.06. The Morgan fingerprint density at radius 2 is 2.21 bits per heavy atom. The number of aromatic nitrogens is 2. The van der Waals surface area contributed by atoms with E-state index >= 15 is 0 Å². The summed E-state index contributed by atoms with van der Waals surface area (Å²) in [6, 6.07) is -0.0247. The van der Waals surface area contributed by atoms with Crippen LogP contribution in [0.4, 0.5) is 5.13 Å². The van der Waals surface area contributed by atoms with Crippen LogP contribution in [0, 0.1) is 5.92 Å². The summed E-state index contributed by atoms with van der Waals surface area (Å²) in [5.74, 6) is -0.177. The van der Waals surface area contributed by atoms with Gasteiger partial charge in [0.15, 0.2) is 0 Å². The molecule has 1 N–H and O–H groups in total. The number of anilines is 1. The van der Waals surface area contributed by atoms with Gasteiger partial charge in [-0.2, -0.15) is 0 Å². The van der Waals surface area contributed by atoms with Crippen LogP contribution in [-0.2, 0) is 14.3 Å². The van der Waals surface area contributed by atoms with Gasteiger partial charge in [0.25, 0.3) is 0 Å². The SMILES string of the molecule is CCC[C@H](C)c1nnc(NC(=O)[C@@H]2CC(=O)N([C@@H](C)COC)C2)s1. The first kappa shape index (κ1) is 18.8. The lowest BCUT2D eigenvalue weighted by Gasteiger charge is -2.23. The minimum absolute atomic E-state index is 0.00535. The van der Waals surface area contributed by atoms with Gasteiger partial charge in [-0.3, -0.25) is 9.59 Å². The highest BCUT2D eigenvalue weighted by atomic mass is 32.1. The zero-order valence-electron chi connectivity index (χ0n) is 14.7. The molecule has 1 aromatic heterocycles. The topological polar surface area (TPSA) is 84.4 Å². The molecule has 1 fully saturated rings. The second kappa shape index (κ2) is 8.53. The summed E-state index contributed by atoms with van der Waals surface area (Å²) in [5, 5.41) is 12.5. The van der Waals surface area contributed by atoms with Crippen molar-refractivity contribution >= 4 is 28.3 Å². The van der Waals surface area contributed by atoms with Gasteiger partial charge in [0.2, 0.25) is 16.9 Å². The standard InChI is InChI=1S/C16H26N4O3S/c1-5-6-10(2)15-18-19-16(24-15)17-14(22)12-7-13(21)20(8-12)11(3)9-23-4/h10-12H,5-9H2,1-4H3,(H,17,19,22)/t10-,11-,12+/m0/s1. The minimum Gasteiger partial charge on any atom is -0.383 e. The molecule has 134 valence electrons. The molecule has 1 saturated heterocycles. The Hall–Kier alpha value is -1.54. The molecule has 0 saturated carbocycles.